The summed E-state index contributed by atoms with van der Waals surface area (Å²) < 4.78 is 37.1. The third-order valence-electron chi connectivity index (χ3n) is 3.27. The molecule has 0 saturated heterocycles. The number of rotatable bonds is 7. The Morgan fingerprint density at radius 3 is 2.46 bits per heavy atom. The van der Waals surface area contributed by atoms with Crippen LogP contribution in [0.1, 0.15) is 22.8 Å². The van der Waals surface area contributed by atoms with E-state index >= 15 is 0 Å². The van der Waals surface area contributed by atoms with E-state index in [2.05, 4.69) is 9.46 Å². The largest absolute Gasteiger partial charge is 0.494 e. The molecule has 7 heteroatoms. The number of sulfonamides is 1. The Hall–Kier alpha value is -2.38. The monoisotopic (exact) mass is 349 g/mol. The van der Waals surface area contributed by atoms with Crippen molar-refractivity contribution in [3.63, 3.8) is 0 Å². The molecule has 0 amide bonds. The molecule has 24 heavy (non-hydrogen) atoms. The molecule has 0 unspecified atom stereocenters. The van der Waals surface area contributed by atoms with Gasteiger partial charge in [0, 0.05) is 6.54 Å². The highest BCUT2D eigenvalue weighted by Crippen LogP contribution is 2.15. The Morgan fingerprint density at radius 2 is 1.83 bits per heavy atom. The maximum Gasteiger partial charge on any atom is 0.337 e. The maximum atomic E-state index is 12.4. The molecule has 0 atom stereocenters. The van der Waals surface area contributed by atoms with Crippen molar-refractivity contribution in [1.29, 1.82) is 0 Å². The van der Waals surface area contributed by atoms with E-state index in [4.69, 9.17) is 4.74 Å². The number of hydrogen-bond acceptors (Lipinski definition) is 5. The molecular formula is C17H19NO5S. The predicted molar refractivity (Wildman–Crippen MR) is 89.4 cm³/mol. The van der Waals surface area contributed by atoms with E-state index in [1.54, 1.807) is 24.3 Å². The number of hydrogen-bond donors (Lipinski definition) is 1. The van der Waals surface area contributed by atoms with Gasteiger partial charge in [-0.2, -0.15) is 0 Å². The van der Waals surface area contributed by atoms with Gasteiger partial charge in [0.1, 0.15) is 5.75 Å². The average molecular weight is 349 g/mol. The highest BCUT2D eigenvalue weighted by molar-refractivity contribution is 7.89. The van der Waals surface area contributed by atoms with Crippen molar-refractivity contribution in [1.82, 2.24) is 4.72 Å². The van der Waals surface area contributed by atoms with Gasteiger partial charge in [-0.25, -0.2) is 17.9 Å². The number of benzene rings is 2. The molecule has 2 aromatic rings. The molecule has 128 valence electrons. The molecule has 0 aliphatic carbocycles. The van der Waals surface area contributed by atoms with Crippen molar-refractivity contribution in [3.05, 3.63) is 59.7 Å². The summed E-state index contributed by atoms with van der Waals surface area (Å²) in [7, 11) is -2.49. The Kier molecular flexibility index (Phi) is 5.94. The number of ether oxygens (including phenoxy) is 2. The van der Waals surface area contributed by atoms with Crippen LogP contribution in [0, 0.1) is 0 Å². The lowest BCUT2D eigenvalue weighted by molar-refractivity contribution is 0.0600. The molecule has 2 aromatic carbocycles. The Balaban J connectivity index is 2.09. The minimum absolute atomic E-state index is 0.0105. The third-order valence-corrected chi connectivity index (χ3v) is 4.67. The van der Waals surface area contributed by atoms with E-state index in [1.807, 2.05) is 6.92 Å². The van der Waals surface area contributed by atoms with E-state index in [9.17, 15) is 13.2 Å². The second-order valence-electron chi connectivity index (χ2n) is 4.92. The van der Waals surface area contributed by atoms with Crippen LogP contribution in [-0.2, 0) is 21.3 Å². The van der Waals surface area contributed by atoms with Gasteiger partial charge < -0.3 is 9.47 Å². The van der Waals surface area contributed by atoms with Crippen molar-refractivity contribution in [2.24, 2.45) is 0 Å². The summed E-state index contributed by atoms with van der Waals surface area (Å²) in [5.41, 5.74) is 0.979. The van der Waals surface area contributed by atoms with Crippen LogP contribution < -0.4 is 9.46 Å². The molecule has 2 rings (SSSR count). The van der Waals surface area contributed by atoms with E-state index < -0.39 is 16.0 Å². The molecule has 6 nitrogen and oxygen atoms in total. The van der Waals surface area contributed by atoms with Crippen molar-refractivity contribution >= 4 is 16.0 Å². The fourth-order valence-corrected chi connectivity index (χ4v) is 3.10. The van der Waals surface area contributed by atoms with Gasteiger partial charge in [0.2, 0.25) is 10.0 Å². The van der Waals surface area contributed by atoms with Gasteiger partial charge in [0.05, 0.1) is 24.2 Å². The number of carbonyl (C=O) groups excluding carboxylic acids is 1. The topological polar surface area (TPSA) is 81.7 Å². The van der Waals surface area contributed by atoms with E-state index in [-0.39, 0.29) is 17.0 Å². The summed E-state index contributed by atoms with van der Waals surface area (Å²) in [6.07, 6.45) is 0. The molecule has 0 saturated carbocycles. The van der Waals surface area contributed by atoms with Crippen molar-refractivity contribution < 1.29 is 22.7 Å². The SMILES string of the molecule is CCOc1ccc(CNS(=O)(=O)c2cccc(C(=O)OC)c2)cc1. The molecule has 0 bridgehead atoms. The Morgan fingerprint density at radius 1 is 1.12 bits per heavy atom. The first-order valence-electron chi connectivity index (χ1n) is 7.36. The first-order chi connectivity index (χ1) is 11.5. The first-order valence-corrected chi connectivity index (χ1v) is 8.84. The zero-order valence-corrected chi connectivity index (χ0v) is 14.3. The van der Waals surface area contributed by atoms with Crippen LogP contribution in [0.5, 0.6) is 5.75 Å². The Bertz CT molecular complexity index is 800. The lowest BCUT2D eigenvalue weighted by Crippen LogP contribution is -2.23. The third kappa shape index (κ3) is 4.56. The average Bonchev–Trinajstić information content (AvgIpc) is 2.61. The summed E-state index contributed by atoms with van der Waals surface area (Å²) in [6, 6.07) is 12.8. The summed E-state index contributed by atoms with van der Waals surface area (Å²) in [6.45, 7) is 2.60. The molecule has 0 aromatic heterocycles. The van der Waals surface area contributed by atoms with Crippen molar-refractivity contribution in [3.8, 4) is 5.75 Å². The quantitative estimate of drug-likeness (QED) is 0.776. The van der Waals surface area contributed by atoms with Gasteiger partial charge >= 0.3 is 5.97 Å². The minimum Gasteiger partial charge on any atom is -0.494 e. The molecule has 1 N–H and O–H groups in total. The highest BCUT2D eigenvalue weighted by atomic mass is 32.2. The summed E-state index contributed by atoms with van der Waals surface area (Å²) in [5.74, 6) is 0.147. The molecule has 0 spiro atoms. The van der Waals surface area contributed by atoms with Crippen LogP contribution in [0.25, 0.3) is 0 Å². The van der Waals surface area contributed by atoms with Crippen LogP contribution in [0.4, 0.5) is 0 Å². The Labute approximate surface area is 141 Å². The van der Waals surface area contributed by atoms with Gasteiger partial charge in [-0.15, -0.1) is 0 Å². The van der Waals surface area contributed by atoms with Gasteiger partial charge in [-0.1, -0.05) is 18.2 Å². The standard InChI is InChI=1S/C17H19NO5S/c1-3-23-15-9-7-13(8-10-15)12-18-24(20,21)16-6-4-5-14(11-16)17(19)22-2/h4-11,18H,3,12H2,1-2H3. The van der Waals surface area contributed by atoms with Crippen LogP contribution in [0.15, 0.2) is 53.4 Å². The molecular weight excluding hydrogens is 330 g/mol. The van der Waals surface area contributed by atoms with Gasteiger partial charge in [0.25, 0.3) is 0 Å². The lowest BCUT2D eigenvalue weighted by Gasteiger charge is -2.09. The number of esters is 1. The fourth-order valence-electron chi connectivity index (χ4n) is 2.04. The number of nitrogens with one attached hydrogen (secondary N) is 1. The number of carbonyl (C=O) groups is 1. The highest BCUT2D eigenvalue weighted by Gasteiger charge is 2.16. The summed E-state index contributed by atoms with van der Waals surface area (Å²) in [5, 5.41) is 0. The van der Waals surface area contributed by atoms with Gasteiger partial charge in [-0.3, -0.25) is 0 Å². The van der Waals surface area contributed by atoms with Crippen LogP contribution in [-0.4, -0.2) is 28.1 Å². The van der Waals surface area contributed by atoms with E-state index in [0.29, 0.717) is 6.61 Å². The minimum atomic E-state index is -3.73. The zero-order chi connectivity index (χ0) is 17.6. The van der Waals surface area contributed by atoms with Crippen LogP contribution in [0.3, 0.4) is 0 Å². The fraction of sp³-hybridized carbons (Fsp3) is 0.235. The molecule has 0 fully saturated rings. The molecule has 0 aliphatic heterocycles. The number of methoxy groups -OCH3 is 1. The second-order valence-corrected chi connectivity index (χ2v) is 6.69. The molecule has 0 radical (unpaired) electrons. The summed E-state index contributed by atoms with van der Waals surface area (Å²) in [4.78, 5) is 11.5. The zero-order valence-electron chi connectivity index (χ0n) is 13.5. The summed E-state index contributed by atoms with van der Waals surface area (Å²) >= 11 is 0. The first kappa shape index (κ1) is 18.0. The van der Waals surface area contributed by atoms with Gasteiger partial charge in [-0.05, 0) is 42.8 Å². The van der Waals surface area contributed by atoms with Crippen molar-refractivity contribution in [2.45, 2.75) is 18.4 Å². The van der Waals surface area contributed by atoms with Crippen LogP contribution in [0.2, 0.25) is 0 Å². The van der Waals surface area contributed by atoms with E-state index in [0.717, 1.165) is 11.3 Å². The smallest absolute Gasteiger partial charge is 0.337 e. The van der Waals surface area contributed by atoms with Crippen LogP contribution >= 0.6 is 0 Å². The van der Waals surface area contributed by atoms with Gasteiger partial charge in [0.15, 0.2) is 0 Å². The normalized spacial score (nSPS) is 11.1. The van der Waals surface area contributed by atoms with E-state index in [1.165, 1.54) is 31.4 Å². The lowest BCUT2D eigenvalue weighted by atomic mass is 10.2. The second kappa shape index (κ2) is 7.94. The molecule has 0 aliphatic rings. The maximum absolute atomic E-state index is 12.4. The molecule has 0 heterocycles. The van der Waals surface area contributed by atoms with Crippen molar-refractivity contribution in [2.75, 3.05) is 13.7 Å². The predicted octanol–water partition coefficient (Wildman–Crippen LogP) is 2.35.